The Hall–Kier alpha value is -1.37. The summed E-state index contributed by atoms with van der Waals surface area (Å²) >= 11 is 11.4. The zero-order valence-corrected chi connectivity index (χ0v) is 11.6. The fourth-order valence-corrected chi connectivity index (χ4v) is 3.17. The molecule has 0 amide bonds. The minimum absolute atomic E-state index is 0.0522. The van der Waals surface area contributed by atoms with Crippen molar-refractivity contribution in [3.8, 4) is 0 Å². The lowest BCUT2D eigenvalue weighted by Gasteiger charge is -2.10. The van der Waals surface area contributed by atoms with Crippen LogP contribution in [0, 0.1) is 5.82 Å². The number of aromatic nitrogens is 1. The molecule has 0 aliphatic rings. The zero-order chi connectivity index (χ0) is 14.0. The van der Waals surface area contributed by atoms with Crippen LogP contribution in [0.5, 0.6) is 0 Å². The number of anilines is 1. The van der Waals surface area contributed by atoms with Crippen LogP contribution in [0.15, 0.2) is 41.4 Å². The molecule has 1 N–H and O–H groups in total. The van der Waals surface area contributed by atoms with E-state index in [2.05, 4.69) is 9.71 Å². The van der Waals surface area contributed by atoms with Crippen LogP contribution in [0.3, 0.4) is 0 Å². The van der Waals surface area contributed by atoms with Crippen molar-refractivity contribution in [2.75, 3.05) is 4.72 Å². The molecule has 100 valence electrons. The largest absolute Gasteiger partial charge is 0.275 e. The summed E-state index contributed by atoms with van der Waals surface area (Å²) in [6.07, 6.45) is 1.34. The molecule has 4 nitrogen and oxygen atoms in total. The van der Waals surface area contributed by atoms with Crippen LogP contribution in [-0.4, -0.2) is 13.4 Å². The second kappa shape index (κ2) is 5.32. The number of pyridine rings is 1. The predicted octanol–water partition coefficient (Wildman–Crippen LogP) is 3.33. The van der Waals surface area contributed by atoms with Crippen LogP contribution in [0.25, 0.3) is 0 Å². The maximum Gasteiger partial charge on any atom is 0.265 e. The van der Waals surface area contributed by atoms with Crippen molar-refractivity contribution < 1.29 is 12.8 Å². The van der Waals surface area contributed by atoms with Gasteiger partial charge in [0.1, 0.15) is 21.6 Å². The topological polar surface area (TPSA) is 59.1 Å². The number of rotatable bonds is 3. The van der Waals surface area contributed by atoms with Gasteiger partial charge in [-0.05, 0) is 24.3 Å². The van der Waals surface area contributed by atoms with Crippen molar-refractivity contribution in [2.24, 2.45) is 0 Å². The van der Waals surface area contributed by atoms with Crippen molar-refractivity contribution >= 4 is 38.9 Å². The van der Waals surface area contributed by atoms with Gasteiger partial charge in [-0.1, -0.05) is 29.3 Å². The molecule has 0 spiro atoms. The third-order valence-corrected chi connectivity index (χ3v) is 4.32. The number of nitrogens with zero attached hydrogens (tertiary/aromatic N) is 1. The van der Waals surface area contributed by atoms with E-state index in [0.717, 1.165) is 6.07 Å². The first-order valence-electron chi connectivity index (χ1n) is 4.99. The minimum atomic E-state index is -4.06. The summed E-state index contributed by atoms with van der Waals surface area (Å²) in [6.45, 7) is 0. The first kappa shape index (κ1) is 14.0. The lowest BCUT2D eigenvalue weighted by Crippen LogP contribution is -2.15. The van der Waals surface area contributed by atoms with Gasteiger partial charge < -0.3 is 0 Å². The van der Waals surface area contributed by atoms with E-state index in [1.54, 1.807) is 0 Å². The Morgan fingerprint density at radius 2 is 1.89 bits per heavy atom. The van der Waals surface area contributed by atoms with Crippen molar-refractivity contribution in [1.29, 1.82) is 0 Å². The van der Waals surface area contributed by atoms with Gasteiger partial charge in [0.2, 0.25) is 0 Å². The van der Waals surface area contributed by atoms with Gasteiger partial charge in [0.05, 0.1) is 5.02 Å². The molecule has 2 aromatic rings. The first-order valence-corrected chi connectivity index (χ1v) is 7.23. The molecule has 0 aliphatic heterocycles. The van der Waals surface area contributed by atoms with E-state index < -0.39 is 15.8 Å². The van der Waals surface area contributed by atoms with Gasteiger partial charge in [-0.3, -0.25) is 4.72 Å². The standard InChI is InChI=1S/C11H7Cl2FN2O2S/c12-7-3-1-4-8(14)10(7)16-19(17,18)9-5-2-6-15-11(9)13/h1-6,16H. The number of hydrogen-bond donors (Lipinski definition) is 1. The van der Waals surface area contributed by atoms with Crippen LogP contribution in [0.4, 0.5) is 10.1 Å². The van der Waals surface area contributed by atoms with Crippen molar-refractivity contribution in [3.63, 3.8) is 0 Å². The second-order valence-corrected chi connectivity index (χ2v) is 5.91. The Balaban J connectivity index is 2.46. The molecule has 0 radical (unpaired) electrons. The number of benzene rings is 1. The molecule has 0 bridgehead atoms. The molecular formula is C11H7Cl2FN2O2S. The van der Waals surface area contributed by atoms with Gasteiger partial charge in [0, 0.05) is 6.20 Å². The molecule has 2 rings (SSSR count). The third-order valence-electron chi connectivity index (χ3n) is 2.21. The molecule has 1 aromatic heterocycles. The number of para-hydroxylation sites is 1. The molecule has 0 saturated carbocycles. The summed E-state index contributed by atoms with van der Waals surface area (Å²) in [7, 11) is -4.06. The molecule has 1 heterocycles. The van der Waals surface area contributed by atoms with E-state index in [9.17, 15) is 12.8 Å². The second-order valence-electron chi connectivity index (χ2n) is 3.49. The molecular weight excluding hydrogens is 314 g/mol. The first-order chi connectivity index (χ1) is 8.92. The Kier molecular flexibility index (Phi) is 3.93. The highest BCUT2D eigenvalue weighted by Crippen LogP contribution is 2.28. The number of sulfonamides is 1. The number of hydrogen-bond acceptors (Lipinski definition) is 3. The summed E-state index contributed by atoms with van der Waals surface area (Å²) in [6, 6.07) is 6.49. The van der Waals surface area contributed by atoms with Crippen molar-refractivity contribution in [3.05, 3.63) is 52.5 Å². The van der Waals surface area contributed by atoms with Gasteiger partial charge in [0.25, 0.3) is 10.0 Å². The van der Waals surface area contributed by atoms with Crippen LogP contribution >= 0.6 is 23.2 Å². The Morgan fingerprint density at radius 1 is 1.16 bits per heavy atom. The van der Waals surface area contributed by atoms with E-state index in [1.165, 1.54) is 30.5 Å². The monoisotopic (exact) mass is 320 g/mol. The van der Waals surface area contributed by atoms with Gasteiger partial charge in [-0.2, -0.15) is 0 Å². The molecule has 1 aromatic carbocycles. The average Bonchev–Trinajstić information content (AvgIpc) is 2.34. The van der Waals surface area contributed by atoms with Gasteiger partial charge in [-0.15, -0.1) is 0 Å². The highest BCUT2D eigenvalue weighted by Gasteiger charge is 2.21. The van der Waals surface area contributed by atoms with E-state index in [-0.39, 0.29) is 20.8 Å². The van der Waals surface area contributed by atoms with E-state index >= 15 is 0 Å². The average molecular weight is 321 g/mol. The highest BCUT2D eigenvalue weighted by molar-refractivity contribution is 7.92. The van der Waals surface area contributed by atoms with Crippen LogP contribution in [0.1, 0.15) is 0 Å². The smallest absolute Gasteiger partial charge is 0.265 e. The summed E-state index contributed by atoms with van der Waals surface area (Å²) < 4.78 is 39.7. The molecule has 0 fully saturated rings. The van der Waals surface area contributed by atoms with Gasteiger partial charge in [0.15, 0.2) is 0 Å². The molecule has 0 aliphatic carbocycles. The zero-order valence-electron chi connectivity index (χ0n) is 9.27. The van der Waals surface area contributed by atoms with Gasteiger partial charge in [-0.25, -0.2) is 17.8 Å². The van der Waals surface area contributed by atoms with Crippen molar-refractivity contribution in [2.45, 2.75) is 4.90 Å². The predicted molar refractivity (Wildman–Crippen MR) is 71.5 cm³/mol. The van der Waals surface area contributed by atoms with Gasteiger partial charge >= 0.3 is 0 Å². The maximum atomic E-state index is 13.5. The third kappa shape index (κ3) is 2.97. The molecule has 0 saturated heterocycles. The lowest BCUT2D eigenvalue weighted by atomic mass is 10.3. The quantitative estimate of drug-likeness (QED) is 0.882. The lowest BCUT2D eigenvalue weighted by molar-refractivity contribution is 0.598. The number of nitrogens with one attached hydrogen (secondary N) is 1. The maximum absolute atomic E-state index is 13.5. The minimum Gasteiger partial charge on any atom is -0.275 e. The van der Waals surface area contributed by atoms with Crippen LogP contribution < -0.4 is 4.72 Å². The Bertz CT molecular complexity index is 702. The van der Waals surface area contributed by atoms with E-state index in [1.807, 2.05) is 0 Å². The summed E-state index contributed by atoms with van der Waals surface area (Å²) in [5, 5.41) is -0.258. The molecule has 0 atom stereocenters. The highest BCUT2D eigenvalue weighted by atomic mass is 35.5. The summed E-state index contributed by atoms with van der Waals surface area (Å²) in [5.41, 5.74) is -0.330. The van der Waals surface area contributed by atoms with E-state index in [4.69, 9.17) is 23.2 Å². The summed E-state index contributed by atoms with van der Waals surface area (Å²) in [5.74, 6) is -0.781. The van der Waals surface area contributed by atoms with Crippen molar-refractivity contribution in [1.82, 2.24) is 4.98 Å². The summed E-state index contributed by atoms with van der Waals surface area (Å²) in [4.78, 5) is 3.40. The Morgan fingerprint density at radius 3 is 2.53 bits per heavy atom. The molecule has 8 heteroatoms. The van der Waals surface area contributed by atoms with Crippen LogP contribution in [-0.2, 0) is 10.0 Å². The Labute approximate surface area is 119 Å². The molecule has 19 heavy (non-hydrogen) atoms. The van der Waals surface area contributed by atoms with E-state index in [0.29, 0.717) is 0 Å². The van der Waals surface area contributed by atoms with Crippen LogP contribution in [0.2, 0.25) is 10.2 Å². The normalized spacial score (nSPS) is 11.3. The number of halogens is 3. The molecule has 0 unspecified atom stereocenters. The fraction of sp³-hybridized carbons (Fsp3) is 0. The SMILES string of the molecule is O=S(=O)(Nc1c(F)cccc1Cl)c1cccnc1Cl. The fourth-order valence-electron chi connectivity index (χ4n) is 1.36.